The lowest BCUT2D eigenvalue weighted by atomic mass is 10.2. The Morgan fingerprint density at radius 2 is 2.18 bits per heavy atom. The summed E-state index contributed by atoms with van der Waals surface area (Å²) in [5, 5.41) is 3.22. The maximum Gasteiger partial charge on any atom is 0.159 e. The summed E-state index contributed by atoms with van der Waals surface area (Å²) in [7, 11) is 0. The normalized spacial score (nSPS) is 13.8. The number of aromatic nitrogens is 2. The highest BCUT2D eigenvalue weighted by atomic mass is 79.9. The van der Waals surface area contributed by atoms with E-state index in [1.165, 1.54) is 6.07 Å². The van der Waals surface area contributed by atoms with E-state index in [0.717, 1.165) is 29.9 Å². The maximum absolute atomic E-state index is 13.1. The van der Waals surface area contributed by atoms with E-state index in [4.69, 9.17) is 0 Å². The molecule has 0 fully saturated rings. The van der Waals surface area contributed by atoms with Crippen molar-refractivity contribution in [1.29, 1.82) is 0 Å². The highest BCUT2D eigenvalue weighted by molar-refractivity contribution is 9.10. The molecule has 2 heterocycles. The largest absolute Gasteiger partial charge is 0.307 e. The van der Waals surface area contributed by atoms with E-state index in [9.17, 15) is 4.39 Å². The molecular formula is C12H9BrFN3. The molecule has 0 saturated heterocycles. The summed E-state index contributed by atoms with van der Waals surface area (Å²) >= 11 is 3.16. The number of halogens is 2. The van der Waals surface area contributed by atoms with Crippen LogP contribution in [0.3, 0.4) is 0 Å². The number of fused-ring (bicyclic) bond motifs is 1. The summed E-state index contributed by atoms with van der Waals surface area (Å²) in [6.07, 6.45) is 1.83. The molecule has 0 aliphatic carbocycles. The lowest BCUT2D eigenvalue weighted by molar-refractivity contribution is 0.621. The molecule has 2 aromatic rings. The molecule has 0 radical (unpaired) electrons. The number of hydrogen-bond acceptors (Lipinski definition) is 3. The zero-order valence-electron chi connectivity index (χ0n) is 8.87. The molecule has 0 amide bonds. The predicted molar refractivity (Wildman–Crippen MR) is 65.7 cm³/mol. The number of nitrogens with one attached hydrogen (secondary N) is 1. The summed E-state index contributed by atoms with van der Waals surface area (Å²) in [6.45, 7) is 1.59. The zero-order valence-corrected chi connectivity index (χ0v) is 10.5. The number of benzene rings is 1. The Morgan fingerprint density at radius 3 is 3.00 bits per heavy atom. The monoisotopic (exact) mass is 293 g/mol. The number of nitrogens with zero attached hydrogens (tertiary/aromatic N) is 2. The summed E-state index contributed by atoms with van der Waals surface area (Å²) in [5.74, 6) is 0.352. The predicted octanol–water partition coefficient (Wildman–Crippen LogP) is 2.65. The van der Waals surface area contributed by atoms with Gasteiger partial charge in [0.25, 0.3) is 0 Å². The Kier molecular flexibility index (Phi) is 2.64. The Morgan fingerprint density at radius 1 is 1.29 bits per heavy atom. The van der Waals surface area contributed by atoms with Crippen molar-refractivity contribution in [2.75, 3.05) is 0 Å². The van der Waals surface area contributed by atoms with Gasteiger partial charge in [-0.3, -0.25) is 0 Å². The molecule has 1 aliphatic rings. The van der Waals surface area contributed by atoms with Gasteiger partial charge in [-0.2, -0.15) is 0 Å². The summed E-state index contributed by atoms with van der Waals surface area (Å²) < 4.78 is 13.6. The molecule has 86 valence electrons. The highest BCUT2D eigenvalue weighted by Gasteiger charge is 2.14. The van der Waals surface area contributed by atoms with Gasteiger partial charge in [-0.15, -0.1) is 0 Å². The fraction of sp³-hybridized carbons (Fsp3) is 0.167. The van der Waals surface area contributed by atoms with E-state index in [2.05, 4.69) is 31.2 Å². The lowest BCUT2D eigenvalue weighted by Crippen LogP contribution is -2.00. The first kappa shape index (κ1) is 10.8. The zero-order chi connectivity index (χ0) is 11.8. The van der Waals surface area contributed by atoms with E-state index in [1.54, 1.807) is 12.1 Å². The molecule has 1 aliphatic heterocycles. The van der Waals surface area contributed by atoms with Gasteiger partial charge in [0.2, 0.25) is 0 Å². The minimum atomic E-state index is -0.281. The van der Waals surface area contributed by atoms with Crippen LogP contribution in [0.1, 0.15) is 11.3 Å². The van der Waals surface area contributed by atoms with Gasteiger partial charge in [0, 0.05) is 30.4 Å². The molecule has 0 saturated carbocycles. The fourth-order valence-corrected chi connectivity index (χ4v) is 2.21. The van der Waals surface area contributed by atoms with Gasteiger partial charge in [-0.1, -0.05) is 0 Å². The third-order valence-electron chi connectivity index (χ3n) is 2.74. The molecule has 0 unspecified atom stereocenters. The molecule has 0 bridgehead atoms. The average Bonchev–Trinajstić information content (AvgIpc) is 2.79. The summed E-state index contributed by atoms with van der Waals surface area (Å²) in [6, 6.07) is 4.79. The second-order valence-corrected chi connectivity index (χ2v) is 4.75. The van der Waals surface area contributed by atoms with Crippen molar-refractivity contribution < 1.29 is 4.39 Å². The van der Waals surface area contributed by atoms with Gasteiger partial charge in [0.15, 0.2) is 5.82 Å². The van der Waals surface area contributed by atoms with Gasteiger partial charge < -0.3 is 5.32 Å². The highest BCUT2D eigenvalue weighted by Crippen LogP contribution is 2.24. The smallest absolute Gasteiger partial charge is 0.159 e. The molecule has 0 atom stereocenters. The van der Waals surface area contributed by atoms with Crippen LogP contribution in [0.2, 0.25) is 0 Å². The Balaban J connectivity index is 2.06. The van der Waals surface area contributed by atoms with Gasteiger partial charge in [-0.05, 0) is 34.1 Å². The van der Waals surface area contributed by atoms with Gasteiger partial charge in [0.05, 0.1) is 10.2 Å². The molecular weight excluding hydrogens is 285 g/mol. The Bertz CT molecular complexity index is 586. The maximum atomic E-state index is 13.1. The van der Waals surface area contributed by atoms with Crippen LogP contribution in [0, 0.1) is 5.82 Å². The van der Waals surface area contributed by atoms with Gasteiger partial charge in [0.1, 0.15) is 5.82 Å². The standard InChI is InChI=1S/C12H9BrFN3/c13-9-3-7(1-2-10(9)14)12-16-5-8-4-15-6-11(8)17-12/h1-3,5,15H,4,6H2. The SMILES string of the molecule is Fc1ccc(-c2ncc3c(n2)CNC3)cc1Br. The molecule has 17 heavy (non-hydrogen) atoms. The van der Waals surface area contributed by atoms with Crippen LogP contribution in [0.5, 0.6) is 0 Å². The van der Waals surface area contributed by atoms with Crippen LogP contribution in [-0.4, -0.2) is 9.97 Å². The molecule has 3 rings (SSSR count). The van der Waals surface area contributed by atoms with Crippen molar-refractivity contribution in [3.63, 3.8) is 0 Å². The average molecular weight is 294 g/mol. The topological polar surface area (TPSA) is 37.8 Å². The summed E-state index contributed by atoms with van der Waals surface area (Å²) in [5.41, 5.74) is 2.97. The number of hydrogen-bond donors (Lipinski definition) is 1. The van der Waals surface area contributed by atoms with Crippen LogP contribution in [0.15, 0.2) is 28.9 Å². The van der Waals surface area contributed by atoms with Crippen LogP contribution in [0.25, 0.3) is 11.4 Å². The molecule has 3 nitrogen and oxygen atoms in total. The molecule has 1 N–H and O–H groups in total. The first-order valence-electron chi connectivity index (χ1n) is 5.25. The van der Waals surface area contributed by atoms with Crippen molar-refractivity contribution >= 4 is 15.9 Å². The first-order valence-corrected chi connectivity index (χ1v) is 6.04. The molecule has 1 aromatic carbocycles. The van der Waals surface area contributed by atoms with Crippen molar-refractivity contribution in [1.82, 2.24) is 15.3 Å². The minimum absolute atomic E-state index is 0.281. The van der Waals surface area contributed by atoms with E-state index in [1.807, 2.05) is 6.20 Å². The van der Waals surface area contributed by atoms with Crippen molar-refractivity contribution in [2.45, 2.75) is 13.1 Å². The minimum Gasteiger partial charge on any atom is -0.307 e. The Hall–Kier alpha value is -1.33. The van der Waals surface area contributed by atoms with Crippen molar-refractivity contribution in [3.05, 3.63) is 45.9 Å². The second-order valence-electron chi connectivity index (χ2n) is 3.90. The third kappa shape index (κ3) is 1.96. The fourth-order valence-electron chi connectivity index (χ4n) is 1.83. The van der Waals surface area contributed by atoms with Crippen molar-refractivity contribution in [3.8, 4) is 11.4 Å². The van der Waals surface area contributed by atoms with Crippen LogP contribution < -0.4 is 5.32 Å². The van der Waals surface area contributed by atoms with E-state index in [-0.39, 0.29) is 5.82 Å². The lowest BCUT2D eigenvalue weighted by Gasteiger charge is -2.03. The van der Waals surface area contributed by atoms with Crippen LogP contribution >= 0.6 is 15.9 Å². The molecule has 5 heteroatoms. The Labute approximate surface area is 106 Å². The van der Waals surface area contributed by atoms with E-state index < -0.39 is 0 Å². The molecule has 1 aromatic heterocycles. The van der Waals surface area contributed by atoms with Gasteiger partial charge in [-0.25, -0.2) is 14.4 Å². The number of rotatable bonds is 1. The van der Waals surface area contributed by atoms with Crippen LogP contribution in [-0.2, 0) is 13.1 Å². The first-order chi connectivity index (χ1) is 8.24. The van der Waals surface area contributed by atoms with Crippen molar-refractivity contribution in [2.24, 2.45) is 0 Å². The summed E-state index contributed by atoms with van der Waals surface area (Å²) in [4.78, 5) is 8.77. The third-order valence-corrected chi connectivity index (χ3v) is 3.35. The van der Waals surface area contributed by atoms with Crippen LogP contribution in [0.4, 0.5) is 4.39 Å². The molecule has 0 spiro atoms. The quantitative estimate of drug-likeness (QED) is 0.878. The van der Waals surface area contributed by atoms with E-state index in [0.29, 0.717) is 10.3 Å². The van der Waals surface area contributed by atoms with E-state index >= 15 is 0 Å². The van der Waals surface area contributed by atoms with Gasteiger partial charge >= 0.3 is 0 Å². The second kappa shape index (κ2) is 4.16.